The molecule has 0 radical (unpaired) electrons. The number of benzene rings is 3. The fourth-order valence-electron chi connectivity index (χ4n) is 3.41. The van der Waals surface area contributed by atoms with Gasteiger partial charge in [0.15, 0.2) is 6.61 Å². The molecule has 8 heteroatoms. The van der Waals surface area contributed by atoms with Crippen LogP contribution in [0.4, 0.5) is 10.1 Å². The Morgan fingerprint density at radius 3 is 2.18 bits per heavy atom. The van der Waals surface area contributed by atoms with Crippen LogP contribution in [-0.4, -0.2) is 20.9 Å². The van der Waals surface area contributed by atoms with Gasteiger partial charge in [-0.05, 0) is 98.5 Å². The summed E-state index contributed by atoms with van der Waals surface area (Å²) in [5, 5.41) is 2.92. The number of rotatable bonds is 8. The molecule has 0 bridgehead atoms. The third-order valence-corrected chi connectivity index (χ3v) is 6.72. The molecule has 0 saturated carbocycles. The molecule has 3 aromatic carbocycles. The quantitative estimate of drug-likeness (QED) is 0.495. The molecule has 0 aromatic heterocycles. The van der Waals surface area contributed by atoms with E-state index in [2.05, 4.69) is 29.1 Å². The van der Waals surface area contributed by atoms with Gasteiger partial charge in [0.2, 0.25) is 0 Å². The van der Waals surface area contributed by atoms with Crippen LogP contribution in [0.25, 0.3) is 0 Å². The van der Waals surface area contributed by atoms with E-state index in [1.165, 1.54) is 54.1 Å². The topological polar surface area (TPSA) is 84.5 Å². The average molecular weight is 471 g/mol. The standard InChI is InChI=1S/C25H27FN2O4S/c1-16-13-18(3)24(14-17(16)2)19(4)27-25(29)15-32-22-9-11-23(12-10-22)33(30,31)28-21-7-5-20(26)6-8-21/h5-14,19,28H,15H2,1-4H3,(H,27,29). The number of sulfonamides is 1. The van der Waals surface area contributed by atoms with E-state index in [-0.39, 0.29) is 29.1 Å². The van der Waals surface area contributed by atoms with Crippen LogP contribution in [0.3, 0.4) is 0 Å². The van der Waals surface area contributed by atoms with Crippen LogP contribution < -0.4 is 14.8 Å². The maximum Gasteiger partial charge on any atom is 0.261 e. The van der Waals surface area contributed by atoms with Crippen molar-refractivity contribution in [3.05, 3.63) is 88.7 Å². The Hall–Kier alpha value is -3.39. The number of aryl methyl sites for hydroxylation is 3. The van der Waals surface area contributed by atoms with E-state index in [0.29, 0.717) is 5.75 Å². The summed E-state index contributed by atoms with van der Waals surface area (Å²) < 4.78 is 45.9. The van der Waals surface area contributed by atoms with Gasteiger partial charge in [-0.1, -0.05) is 12.1 Å². The first-order valence-electron chi connectivity index (χ1n) is 10.4. The van der Waals surface area contributed by atoms with Crippen molar-refractivity contribution in [1.82, 2.24) is 5.32 Å². The van der Waals surface area contributed by atoms with Crippen LogP contribution in [0.5, 0.6) is 5.75 Å². The number of hydrogen-bond acceptors (Lipinski definition) is 4. The molecule has 0 heterocycles. The summed E-state index contributed by atoms with van der Waals surface area (Å²) in [6.07, 6.45) is 0. The number of hydrogen-bond donors (Lipinski definition) is 2. The Balaban J connectivity index is 1.57. The molecule has 0 saturated heterocycles. The number of carbonyl (C=O) groups is 1. The highest BCUT2D eigenvalue weighted by Crippen LogP contribution is 2.22. The first kappa shape index (κ1) is 24.3. The molecule has 3 rings (SSSR count). The van der Waals surface area contributed by atoms with Crippen molar-refractivity contribution < 1.29 is 22.3 Å². The zero-order valence-electron chi connectivity index (χ0n) is 19.0. The monoisotopic (exact) mass is 470 g/mol. The molecule has 0 aliphatic rings. The van der Waals surface area contributed by atoms with Gasteiger partial charge in [0, 0.05) is 5.69 Å². The maximum atomic E-state index is 13.0. The van der Waals surface area contributed by atoms with Crippen LogP contribution in [-0.2, 0) is 14.8 Å². The van der Waals surface area contributed by atoms with E-state index in [4.69, 9.17) is 4.74 Å². The van der Waals surface area contributed by atoms with Crippen LogP contribution >= 0.6 is 0 Å². The lowest BCUT2D eigenvalue weighted by atomic mass is 9.96. The maximum absolute atomic E-state index is 13.0. The largest absolute Gasteiger partial charge is 0.484 e. The normalized spacial score (nSPS) is 12.2. The molecule has 0 fully saturated rings. The SMILES string of the molecule is Cc1cc(C)c(C(C)NC(=O)COc2ccc(S(=O)(=O)Nc3ccc(F)cc3)cc2)cc1C. The highest BCUT2D eigenvalue weighted by Gasteiger charge is 2.16. The van der Waals surface area contributed by atoms with E-state index in [0.717, 1.165) is 16.7 Å². The fourth-order valence-corrected chi connectivity index (χ4v) is 4.46. The van der Waals surface area contributed by atoms with E-state index in [1.807, 2.05) is 20.8 Å². The molecule has 1 atom stereocenters. The van der Waals surface area contributed by atoms with Crippen LogP contribution in [0.15, 0.2) is 65.6 Å². The number of halogens is 1. The van der Waals surface area contributed by atoms with Gasteiger partial charge in [-0.25, -0.2) is 12.8 Å². The Bertz CT molecular complexity index is 1240. The number of ether oxygens (including phenoxy) is 1. The zero-order valence-corrected chi connectivity index (χ0v) is 19.8. The Morgan fingerprint density at radius 1 is 0.939 bits per heavy atom. The molecular weight excluding hydrogens is 443 g/mol. The smallest absolute Gasteiger partial charge is 0.261 e. The Kier molecular flexibility index (Phi) is 7.38. The van der Waals surface area contributed by atoms with E-state index < -0.39 is 15.8 Å². The molecule has 0 aliphatic heterocycles. The first-order valence-corrected chi connectivity index (χ1v) is 11.9. The lowest BCUT2D eigenvalue weighted by molar-refractivity contribution is -0.123. The van der Waals surface area contributed by atoms with Crippen molar-refractivity contribution >= 4 is 21.6 Å². The summed E-state index contributed by atoms with van der Waals surface area (Å²) in [5.41, 5.74) is 4.78. The minimum absolute atomic E-state index is 0.0162. The summed E-state index contributed by atoms with van der Waals surface area (Å²) in [5.74, 6) is -0.377. The Morgan fingerprint density at radius 2 is 1.55 bits per heavy atom. The van der Waals surface area contributed by atoms with Crippen molar-refractivity contribution in [2.75, 3.05) is 11.3 Å². The van der Waals surface area contributed by atoms with Gasteiger partial charge < -0.3 is 10.1 Å². The van der Waals surface area contributed by atoms with Gasteiger partial charge in [-0.3, -0.25) is 9.52 Å². The minimum Gasteiger partial charge on any atom is -0.484 e. The van der Waals surface area contributed by atoms with Gasteiger partial charge in [0.1, 0.15) is 11.6 Å². The van der Waals surface area contributed by atoms with Gasteiger partial charge in [-0.15, -0.1) is 0 Å². The summed E-state index contributed by atoms with van der Waals surface area (Å²) >= 11 is 0. The van der Waals surface area contributed by atoms with E-state index >= 15 is 0 Å². The number of nitrogens with one attached hydrogen (secondary N) is 2. The van der Waals surface area contributed by atoms with Gasteiger partial charge in [0.05, 0.1) is 10.9 Å². The summed E-state index contributed by atoms with van der Waals surface area (Å²) in [6, 6.07) is 14.7. The lowest BCUT2D eigenvalue weighted by Crippen LogP contribution is -2.31. The second-order valence-corrected chi connectivity index (χ2v) is 9.64. The first-order chi connectivity index (χ1) is 15.5. The van der Waals surface area contributed by atoms with Gasteiger partial charge in [-0.2, -0.15) is 0 Å². The molecule has 3 aromatic rings. The minimum atomic E-state index is -3.84. The van der Waals surface area contributed by atoms with Crippen LogP contribution in [0.1, 0.15) is 35.2 Å². The number of anilines is 1. The van der Waals surface area contributed by atoms with Crippen LogP contribution in [0, 0.1) is 26.6 Å². The predicted molar refractivity (Wildman–Crippen MR) is 126 cm³/mol. The van der Waals surface area contributed by atoms with Crippen molar-refractivity contribution in [3.8, 4) is 5.75 Å². The molecule has 1 unspecified atom stereocenters. The van der Waals surface area contributed by atoms with E-state index in [9.17, 15) is 17.6 Å². The highest BCUT2D eigenvalue weighted by molar-refractivity contribution is 7.92. The third-order valence-electron chi connectivity index (χ3n) is 5.33. The molecule has 0 spiro atoms. The zero-order chi connectivity index (χ0) is 24.2. The molecular formula is C25H27FN2O4S. The van der Waals surface area contributed by atoms with Crippen molar-refractivity contribution in [2.45, 2.75) is 38.6 Å². The second kappa shape index (κ2) is 10.0. The summed E-state index contributed by atoms with van der Waals surface area (Å²) in [6.45, 7) is 7.83. The molecule has 2 N–H and O–H groups in total. The molecule has 33 heavy (non-hydrogen) atoms. The number of carbonyl (C=O) groups excluding carboxylic acids is 1. The number of amides is 1. The van der Waals surface area contributed by atoms with E-state index in [1.54, 1.807) is 0 Å². The highest BCUT2D eigenvalue weighted by atomic mass is 32.2. The van der Waals surface area contributed by atoms with Gasteiger partial charge >= 0.3 is 0 Å². The molecule has 174 valence electrons. The third kappa shape index (κ3) is 6.32. The average Bonchev–Trinajstić information content (AvgIpc) is 2.76. The van der Waals surface area contributed by atoms with Crippen molar-refractivity contribution in [3.63, 3.8) is 0 Å². The molecule has 1 amide bonds. The van der Waals surface area contributed by atoms with Crippen molar-refractivity contribution in [2.24, 2.45) is 0 Å². The lowest BCUT2D eigenvalue weighted by Gasteiger charge is -2.18. The second-order valence-electron chi connectivity index (χ2n) is 7.95. The van der Waals surface area contributed by atoms with Gasteiger partial charge in [0.25, 0.3) is 15.9 Å². The molecule has 6 nitrogen and oxygen atoms in total. The summed E-state index contributed by atoms with van der Waals surface area (Å²) in [4.78, 5) is 12.4. The van der Waals surface area contributed by atoms with Crippen molar-refractivity contribution in [1.29, 1.82) is 0 Å². The predicted octanol–water partition coefficient (Wildman–Crippen LogP) is 4.81. The summed E-state index contributed by atoms with van der Waals surface area (Å²) in [7, 11) is -3.84. The Labute approximate surface area is 193 Å². The fraction of sp³-hybridized carbons (Fsp3) is 0.240. The molecule has 0 aliphatic carbocycles. The van der Waals surface area contributed by atoms with Crippen LogP contribution in [0.2, 0.25) is 0 Å².